The number of carbonyl (C=O) groups excluding carboxylic acids is 1. The Balaban J connectivity index is 1.57. The first-order chi connectivity index (χ1) is 18.3. The van der Waals surface area contributed by atoms with Crippen molar-refractivity contribution in [2.75, 3.05) is 24.8 Å². The maximum absolute atomic E-state index is 15.3. The van der Waals surface area contributed by atoms with Gasteiger partial charge in [0.05, 0.1) is 24.2 Å². The lowest BCUT2D eigenvalue weighted by molar-refractivity contribution is -0.0197. The SMILES string of the molecule is Cc1cc2ccc3c(c2o1)SCc1c(ccc(F)c1F)[C@@H]3N1[C@@H]2COCCN2C(=O)c2c(O)c(=O)ccn21. The number of fused-ring (bicyclic) bond motifs is 6. The number of aromatic hydroxyl groups is 1. The highest BCUT2D eigenvalue weighted by Gasteiger charge is 2.46. The number of nitrogens with zero attached hydrogens (tertiary/aromatic N) is 3. The molecule has 1 saturated heterocycles. The van der Waals surface area contributed by atoms with Crippen molar-refractivity contribution in [2.24, 2.45) is 0 Å². The van der Waals surface area contributed by atoms with Crippen molar-refractivity contribution in [1.29, 1.82) is 0 Å². The van der Waals surface area contributed by atoms with Gasteiger partial charge in [0.15, 0.2) is 23.1 Å². The smallest absolute Gasteiger partial charge is 0.278 e. The lowest BCUT2D eigenvalue weighted by Crippen LogP contribution is -2.66. The number of hydrogen-bond acceptors (Lipinski definition) is 7. The van der Waals surface area contributed by atoms with Gasteiger partial charge in [-0.25, -0.2) is 8.78 Å². The standard InChI is InChI=1S/C27H21F2N3O5S/c1-13-10-14-2-3-16-22(15-4-5-18(28)21(29)17(15)12-38-26(16)25(14)37-13)32-20-11-36-9-8-30(20)27(35)23-24(34)19(33)6-7-31(23)32/h2-7,10,20,22,34H,8-9,11-12H2,1H3/t20-,22+/m1/s1. The number of aromatic nitrogens is 1. The average molecular weight is 538 g/mol. The lowest BCUT2D eigenvalue weighted by atomic mass is 9.92. The zero-order chi connectivity index (χ0) is 26.3. The molecular weight excluding hydrogens is 516 g/mol. The Hall–Kier alpha value is -3.83. The lowest BCUT2D eigenvalue weighted by Gasteiger charge is -2.51. The third kappa shape index (κ3) is 3.18. The van der Waals surface area contributed by atoms with E-state index in [0.29, 0.717) is 16.9 Å². The van der Waals surface area contributed by atoms with Crippen LogP contribution in [0.2, 0.25) is 0 Å². The molecule has 2 atom stereocenters. The number of benzene rings is 2. The van der Waals surface area contributed by atoms with Crippen molar-refractivity contribution in [3.05, 3.63) is 92.6 Å². The molecule has 1 fully saturated rings. The normalized spacial score (nSPS) is 20.6. The van der Waals surface area contributed by atoms with E-state index < -0.39 is 40.9 Å². The van der Waals surface area contributed by atoms with E-state index in [2.05, 4.69) is 0 Å². The van der Waals surface area contributed by atoms with Gasteiger partial charge in [0.2, 0.25) is 5.43 Å². The first-order valence-electron chi connectivity index (χ1n) is 12.1. The number of amides is 1. The molecule has 38 heavy (non-hydrogen) atoms. The Kier molecular flexibility index (Phi) is 5.11. The summed E-state index contributed by atoms with van der Waals surface area (Å²) in [6, 6.07) is 8.83. The zero-order valence-corrected chi connectivity index (χ0v) is 20.9. The Morgan fingerprint density at radius 2 is 1.92 bits per heavy atom. The summed E-state index contributed by atoms with van der Waals surface area (Å²) in [6.45, 7) is 2.50. The highest BCUT2D eigenvalue weighted by Crippen LogP contribution is 2.48. The van der Waals surface area contributed by atoms with E-state index >= 15 is 4.39 Å². The summed E-state index contributed by atoms with van der Waals surface area (Å²) >= 11 is 1.35. The minimum atomic E-state index is -0.953. The maximum atomic E-state index is 15.3. The molecule has 8 nitrogen and oxygen atoms in total. The number of carbonyl (C=O) groups is 1. The highest BCUT2D eigenvalue weighted by atomic mass is 32.2. The maximum Gasteiger partial charge on any atom is 0.278 e. The van der Waals surface area contributed by atoms with E-state index in [4.69, 9.17) is 9.15 Å². The molecule has 3 aliphatic rings. The average Bonchev–Trinajstić information content (AvgIpc) is 3.21. The van der Waals surface area contributed by atoms with Crippen LogP contribution in [0.3, 0.4) is 0 Å². The fraction of sp³-hybridized carbons (Fsp3) is 0.259. The number of furan rings is 1. The summed E-state index contributed by atoms with van der Waals surface area (Å²) in [5.74, 6) is -2.19. The molecule has 0 radical (unpaired) electrons. The van der Waals surface area contributed by atoms with Gasteiger partial charge in [-0.2, -0.15) is 0 Å². The second kappa shape index (κ2) is 8.34. The van der Waals surface area contributed by atoms with E-state index in [1.165, 1.54) is 28.7 Å². The molecule has 2 aromatic heterocycles. The van der Waals surface area contributed by atoms with Crippen molar-refractivity contribution in [1.82, 2.24) is 9.58 Å². The van der Waals surface area contributed by atoms with Crippen LogP contribution in [0.15, 0.2) is 56.7 Å². The van der Waals surface area contributed by atoms with Crippen LogP contribution in [0, 0.1) is 18.6 Å². The van der Waals surface area contributed by atoms with Gasteiger partial charge in [-0.05, 0) is 30.2 Å². The predicted octanol–water partition coefficient (Wildman–Crippen LogP) is 4.03. The highest BCUT2D eigenvalue weighted by molar-refractivity contribution is 7.98. The third-order valence-corrected chi connectivity index (χ3v) is 8.56. The van der Waals surface area contributed by atoms with Crippen LogP contribution >= 0.6 is 11.8 Å². The van der Waals surface area contributed by atoms with Crippen LogP contribution in [0.1, 0.15) is 39.0 Å². The van der Waals surface area contributed by atoms with Crippen LogP contribution in [0.5, 0.6) is 5.75 Å². The van der Waals surface area contributed by atoms with Crippen LogP contribution in [-0.4, -0.2) is 46.5 Å². The summed E-state index contributed by atoms with van der Waals surface area (Å²) < 4.78 is 43.1. The molecular formula is C27H21F2N3O5S. The number of aryl methyl sites for hydroxylation is 1. The van der Waals surface area contributed by atoms with E-state index in [1.54, 1.807) is 16.0 Å². The summed E-state index contributed by atoms with van der Waals surface area (Å²) in [5, 5.41) is 13.4. The number of morpholine rings is 1. The number of rotatable bonds is 1. The predicted molar refractivity (Wildman–Crippen MR) is 135 cm³/mol. The van der Waals surface area contributed by atoms with Crippen LogP contribution in [0.25, 0.3) is 11.0 Å². The fourth-order valence-electron chi connectivity index (χ4n) is 5.72. The Labute approximate surface area is 219 Å². The number of pyridine rings is 1. The van der Waals surface area contributed by atoms with E-state index in [9.17, 15) is 19.1 Å². The van der Waals surface area contributed by atoms with E-state index in [1.807, 2.05) is 25.1 Å². The zero-order valence-electron chi connectivity index (χ0n) is 20.1. The van der Waals surface area contributed by atoms with Gasteiger partial charge in [-0.15, -0.1) is 11.8 Å². The molecule has 0 bridgehead atoms. The van der Waals surface area contributed by atoms with Gasteiger partial charge in [-0.1, -0.05) is 18.2 Å². The fourth-order valence-corrected chi connectivity index (χ4v) is 6.94. The minimum Gasteiger partial charge on any atom is -0.502 e. The van der Waals surface area contributed by atoms with Crippen molar-refractivity contribution in [3.8, 4) is 5.75 Å². The molecule has 194 valence electrons. The van der Waals surface area contributed by atoms with Gasteiger partial charge in [0.25, 0.3) is 5.91 Å². The first-order valence-corrected chi connectivity index (χ1v) is 13.1. The number of ether oxygens (including phenoxy) is 1. The van der Waals surface area contributed by atoms with Crippen molar-refractivity contribution in [3.63, 3.8) is 0 Å². The summed E-state index contributed by atoms with van der Waals surface area (Å²) in [6.07, 6.45) is 0.773. The van der Waals surface area contributed by atoms with Crippen molar-refractivity contribution >= 4 is 28.6 Å². The quantitative estimate of drug-likeness (QED) is 0.392. The van der Waals surface area contributed by atoms with Gasteiger partial charge < -0.3 is 19.2 Å². The van der Waals surface area contributed by atoms with Crippen molar-refractivity contribution < 1.29 is 27.8 Å². The molecule has 5 heterocycles. The molecule has 2 aromatic carbocycles. The van der Waals surface area contributed by atoms with Gasteiger partial charge >= 0.3 is 0 Å². The van der Waals surface area contributed by atoms with Gasteiger partial charge in [-0.3, -0.25) is 19.3 Å². The summed E-state index contributed by atoms with van der Waals surface area (Å²) in [5.41, 5.74) is 1.21. The molecule has 0 aliphatic carbocycles. The monoisotopic (exact) mass is 537 g/mol. The molecule has 0 spiro atoms. The molecule has 1 N–H and O–H groups in total. The van der Waals surface area contributed by atoms with E-state index in [0.717, 1.165) is 21.9 Å². The second-order valence-electron chi connectivity index (χ2n) is 9.54. The Bertz CT molecular complexity index is 1720. The van der Waals surface area contributed by atoms with Crippen LogP contribution in [-0.2, 0) is 10.5 Å². The minimum absolute atomic E-state index is 0.137. The van der Waals surface area contributed by atoms with Crippen LogP contribution < -0.4 is 10.4 Å². The Morgan fingerprint density at radius 3 is 2.76 bits per heavy atom. The Morgan fingerprint density at radius 1 is 1.11 bits per heavy atom. The summed E-state index contributed by atoms with van der Waals surface area (Å²) in [7, 11) is 0. The summed E-state index contributed by atoms with van der Waals surface area (Å²) in [4.78, 5) is 28.2. The molecule has 4 aromatic rings. The van der Waals surface area contributed by atoms with Gasteiger partial charge in [0.1, 0.15) is 17.5 Å². The second-order valence-corrected chi connectivity index (χ2v) is 10.5. The van der Waals surface area contributed by atoms with Crippen molar-refractivity contribution in [2.45, 2.75) is 29.8 Å². The molecule has 11 heteroatoms. The largest absolute Gasteiger partial charge is 0.502 e. The number of thioether (sulfide) groups is 1. The first kappa shape index (κ1) is 23.3. The third-order valence-electron chi connectivity index (χ3n) is 7.42. The topological polar surface area (TPSA) is 88.2 Å². The molecule has 0 saturated carbocycles. The van der Waals surface area contributed by atoms with Gasteiger partial charge in [0, 0.05) is 35.5 Å². The van der Waals surface area contributed by atoms with Crippen LogP contribution in [0.4, 0.5) is 8.78 Å². The number of halogens is 2. The van der Waals surface area contributed by atoms with E-state index in [-0.39, 0.29) is 36.8 Å². The molecule has 3 aliphatic heterocycles. The molecule has 1 amide bonds. The number of hydrogen-bond donors (Lipinski definition) is 1. The molecule has 7 rings (SSSR count). The molecule has 0 unspecified atom stereocenters.